The molecule has 0 aliphatic heterocycles. The Morgan fingerprint density at radius 2 is 2.10 bits per heavy atom. The Balaban J connectivity index is 1.96. The van der Waals surface area contributed by atoms with Gasteiger partial charge in [-0.15, -0.1) is 0 Å². The first kappa shape index (κ1) is 14.0. The van der Waals surface area contributed by atoms with E-state index in [1.807, 2.05) is 0 Å². The fraction of sp³-hybridized carbons (Fsp3) is 0.133. The molecule has 20 heavy (non-hydrogen) atoms. The predicted octanol–water partition coefficient (Wildman–Crippen LogP) is 2.28. The molecule has 2 rings (SSSR count). The van der Waals surface area contributed by atoms with E-state index in [0.717, 1.165) is 0 Å². The molecule has 1 heterocycles. The molecule has 0 bridgehead atoms. The van der Waals surface area contributed by atoms with E-state index in [1.54, 1.807) is 30.3 Å². The van der Waals surface area contributed by atoms with Gasteiger partial charge >= 0.3 is 0 Å². The molecule has 1 unspecified atom stereocenters. The second-order valence-electron chi connectivity index (χ2n) is 4.14. The van der Waals surface area contributed by atoms with Crippen LogP contribution in [0.2, 0.25) is 0 Å². The lowest BCUT2D eigenvalue weighted by molar-refractivity contribution is -0.117. The van der Waals surface area contributed by atoms with Crippen molar-refractivity contribution in [2.45, 2.75) is 6.04 Å². The standard InChI is InChI=1S/C15H14FNO3/c16-12-6-3-11(4-7-12)5-8-15(19)17-13(10-18)14-2-1-9-20-14/h1-9,13,18H,10H2,(H,17,19)/b8-5+. The Morgan fingerprint density at radius 1 is 1.35 bits per heavy atom. The second-order valence-corrected chi connectivity index (χ2v) is 4.14. The Bertz CT molecular complexity index is 576. The van der Waals surface area contributed by atoms with E-state index >= 15 is 0 Å². The van der Waals surface area contributed by atoms with Gasteiger partial charge < -0.3 is 14.8 Å². The highest BCUT2D eigenvalue weighted by molar-refractivity contribution is 5.91. The van der Waals surface area contributed by atoms with E-state index in [2.05, 4.69) is 5.32 Å². The first-order chi connectivity index (χ1) is 9.69. The zero-order chi connectivity index (χ0) is 14.4. The Hall–Kier alpha value is -2.40. The molecule has 1 aromatic carbocycles. The van der Waals surface area contributed by atoms with Gasteiger partial charge in [0.15, 0.2) is 0 Å². The van der Waals surface area contributed by atoms with Crippen molar-refractivity contribution >= 4 is 12.0 Å². The normalized spacial score (nSPS) is 12.5. The third-order valence-corrected chi connectivity index (χ3v) is 2.68. The number of furan rings is 1. The van der Waals surface area contributed by atoms with Crippen molar-refractivity contribution in [3.8, 4) is 0 Å². The first-order valence-corrected chi connectivity index (χ1v) is 6.07. The van der Waals surface area contributed by atoms with Gasteiger partial charge in [0.05, 0.1) is 12.9 Å². The summed E-state index contributed by atoms with van der Waals surface area (Å²) in [5.74, 6) is -0.217. The quantitative estimate of drug-likeness (QED) is 0.823. The van der Waals surface area contributed by atoms with Crippen molar-refractivity contribution in [2.75, 3.05) is 6.61 Å². The molecule has 0 aliphatic rings. The number of benzene rings is 1. The van der Waals surface area contributed by atoms with Crippen LogP contribution in [0.1, 0.15) is 17.4 Å². The van der Waals surface area contributed by atoms with Crippen molar-refractivity contribution in [3.63, 3.8) is 0 Å². The van der Waals surface area contributed by atoms with Gasteiger partial charge in [0, 0.05) is 6.08 Å². The minimum Gasteiger partial charge on any atom is -0.467 e. The van der Waals surface area contributed by atoms with Crippen LogP contribution in [0.5, 0.6) is 0 Å². The number of carbonyl (C=O) groups is 1. The van der Waals surface area contributed by atoms with Gasteiger partial charge in [-0.2, -0.15) is 0 Å². The highest BCUT2D eigenvalue weighted by atomic mass is 19.1. The zero-order valence-corrected chi connectivity index (χ0v) is 10.6. The summed E-state index contributed by atoms with van der Waals surface area (Å²) >= 11 is 0. The van der Waals surface area contributed by atoms with Gasteiger partial charge in [-0.25, -0.2) is 4.39 Å². The third kappa shape index (κ3) is 3.80. The maximum Gasteiger partial charge on any atom is 0.244 e. The van der Waals surface area contributed by atoms with Gasteiger partial charge in [0.1, 0.15) is 17.6 Å². The molecule has 104 valence electrons. The molecule has 2 aromatic rings. The summed E-state index contributed by atoms with van der Waals surface area (Å²) in [6, 6.07) is 8.53. The molecule has 1 aromatic heterocycles. The van der Waals surface area contributed by atoms with E-state index < -0.39 is 6.04 Å². The summed E-state index contributed by atoms with van der Waals surface area (Å²) in [4.78, 5) is 11.7. The van der Waals surface area contributed by atoms with E-state index in [9.17, 15) is 14.3 Å². The summed E-state index contributed by atoms with van der Waals surface area (Å²) in [5.41, 5.74) is 0.708. The molecular weight excluding hydrogens is 261 g/mol. The molecule has 2 N–H and O–H groups in total. The van der Waals surface area contributed by atoms with Crippen LogP contribution >= 0.6 is 0 Å². The van der Waals surface area contributed by atoms with Crippen LogP contribution in [-0.4, -0.2) is 17.6 Å². The monoisotopic (exact) mass is 275 g/mol. The number of halogens is 1. The van der Waals surface area contributed by atoms with Gasteiger partial charge in [0.2, 0.25) is 5.91 Å². The lowest BCUT2D eigenvalue weighted by Crippen LogP contribution is -2.28. The van der Waals surface area contributed by atoms with Gasteiger partial charge in [-0.3, -0.25) is 4.79 Å². The van der Waals surface area contributed by atoms with Gasteiger partial charge in [-0.1, -0.05) is 12.1 Å². The third-order valence-electron chi connectivity index (χ3n) is 2.68. The fourth-order valence-electron chi connectivity index (χ4n) is 1.66. The minimum absolute atomic E-state index is 0.260. The highest BCUT2D eigenvalue weighted by Gasteiger charge is 2.14. The highest BCUT2D eigenvalue weighted by Crippen LogP contribution is 2.12. The van der Waals surface area contributed by atoms with Crippen LogP contribution in [0.3, 0.4) is 0 Å². The molecule has 4 nitrogen and oxygen atoms in total. The second kappa shape index (κ2) is 6.68. The lowest BCUT2D eigenvalue weighted by atomic mass is 10.2. The number of aliphatic hydroxyl groups is 1. The lowest BCUT2D eigenvalue weighted by Gasteiger charge is -2.11. The van der Waals surface area contributed by atoms with E-state index in [0.29, 0.717) is 11.3 Å². The van der Waals surface area contributed by atoms with Crippen molar-refractivity contribution in [1.29, 1.82) is 0 Å². The van der Waals surface area contributed by atoms with Crippen molar-refractivity contribution in [3.05, 3.63) is 65.9 Å². The molecular formula is C15H14FNO3. The summed E-state index contributed by atoms with van der Waals surface area (Å²) in [5, 5.41) is 11.8. The average Bonchev–Trinajstić information content (AvgIpc) is 2.98. The fourth-order valence-corrected chi connectivity index (χ4v) is 1.66. The molecule has 1 atom stereocenters. The number of rotatable bonds is 5. The number of aliphatic hydroxyl groups excluding tert-OH is 1. The van der Waals surface area contributed by atoms with Crippen LogP contribution in [0.15, 0.2) is 53.2 Å². The number of carbonyl (C=O) groups excluding carboxylic acids is 1. The molecule has 1 amide bonds. The number of hydrogen-bond donors (Lipinski definition) is 2. The molecule has 5 heteroatoms. The van der Waals surface area contributed by atoms with Crippen molar-refractivity contribution in [2.24, 2.45) is 0 Å². The number of amides is 1. The van der Waals surface area contributed by atoms with Crippen LogP contribution in [-0.2, 0) is 4.79 Å². The van der Waals surface area contributed by atoms with Gasteiger partial charge in [0.25, 0.3) is 0 Å². The van der Waals surface area contributed by atoms with Crippen LogP contribution in [0.25, 0.3) is 6.08 Å². The largest absolute Gasteiger partial charge is 0.467 e. The molecule has 0 saturated carbocycles. The predicted molar refractivity (Wildman–Crippen MR) is 72.1 cm³/mol. The molecule has 0 fully saturated rings. The zero-order valence-electron chi connectivity index (χ0n) is 10.6. The van der Waals surface area contributed by atoms with Crippen LogP contribution in [0.4, 0.5) is 4.39 Å². The van der Waals surface area contributed by atoms with Crippen molar-refractivity contribution < 1.29 is 18.7 Å². The maximum absolute atomic E-state index is 12.7. The Labute approximate surface area is 115 Å². The maximum atomic E-state index is 12.7. The smallest absolute Gasteiger partial charge is 0.244 e. The summed E-state index contributed by atoms with van der Waals surface area (Å²) in [7, 11) is 0. The average molecular weight is 275 g/mol. The SMILES string of the molecule is O=C(/C=C/c1ccc(F)cc1)NC(CO)c1ccco1. The topological polar surface area (TPSA) is 62.5 Å². The molecule has 0 saturated heterocycles. The Kier molecular flexibility index (Phi) is 4.68. The first-order valence-electron chi connectivity index (χ1n) is 6.07. The molecule has 0 spiro atoms. The van der Waals surface area contributed by atoms with E-state index in [-0.39, 0.29) is 18.3 Å². The summed E-state index contributed by atoms with van der Waals surface area (Å²) in [6.07, 6.45) is 4.35. The van der Waals surface area contributed by atoms with E-state index in [4.69, 9.17) is 4.42 Å². The number of nitrogens with one attached hydrogen (secondary N) is 1. The van der Waals surface area contributed by atoms with Crippen LogP contribution < -0.4 is 5.32 Å². The summed E-state index contributed by atoms with van der Waals surface area (Å²) < 4.78 is 17.8. The molecule has 0 radical (unpaired) electrons. The van der Waals surface area contributed by atoms with Crippen molar-refractivity contribution in [1.82, 2.24) is 5.32 Å². The molecule has 0 aliphatic carbocycles. The van der Waals surface area contributed by atoms with E-state index in [1.165, 1.54) is 24.5 Å². The van der Waals surface area contributed by atoms with Crippen LogP contribution in [0, 0.1) is 5.82 Å². The number of hydrogen-bond acceptors (Lipinski definition) is 3. The van der Waals surface area contributed by atoms with Gasteiger partial charge in [-0.05, 0) is 35.9 Å². The summed E-state index contributed by atoms with van der Waals surface area (Å²) in [6.45, 7) is -0.260. The Morgan fingerprint density at radius 3 is 2.70 bits per heavy atom. The minimum atomic E-state index is -0.588.